The minimum atomic E-state index is -0.957. The number of carbonyl (C=O) groups is 1. The molecular formula is C14H18BrNO4. The first-order chi connectivity index (χ1) is 9.56. The highest BCUT2D eigenvalue weighted by molar-refractivity contribution is 9.10. The van der Waals surface area contributed by atoms with E-state index in [9.17, 15) is 9.90 Å². The van der Waals surface area contributed by atoms with Crippen molar-refractivity contribution < 1.29 is 19.4 Å². The molecule has 0 spiro atoms. The summed E-state index contributed by atoms with van der Waals surface area (Å²) in [4.78, 5) is 11.2. The van der Waals surface area contributed by atoms with E-state index in [1.54, 1.807) is 12.1 Å². The molecule has 110 valence electrons. The van der Waals surface area contributed by atoms with Crippen molar-refractivity contribution in [3.05, 3.63) is 22.2 Å². The molecule has 2 rings (SSSR count). The Morgan fingerprint density at radius 1 is 1.50 bits per heavy atom. The third kappa shape index (κ3) is 3.43. The SMILES string of the molecule is COc1cc(C(CN)C(=O)O)c(Br)cc1OCC1CC1. The number of hydrogen-bond acceptors (Lipinski definition) is 4. The van der Waals surface area contributed by atoms with Crippen molar-refractivity contribution in [2.75, 3.05) is 20.3 Å². The Morgan fingerprint density at radius 2 is 2.20 bits per heavy atom. The lowest BCUT2D eigenvalue weighted by molar-refractivity contribution is -0.138. The molecule has 1 aromatic carbocycles. The van der Waals surface area contributed by atoms with Crippen LogP contribution in [0.15, 0.2) is 16.6 Å². The predicted octanol–water partition coefficient (Wildman–Crippen LogP) is 2.37. The Labute approximate surface area is 126 Å². The molecule has 0 radical (unpaired) electrons. The highest BCUT2D eigenvalue weighted by atomic mass is 79.9. The molecule has 1 fully saturated rings. The summed E-state index contributed by atoms with van der Waals surface area (Å²) in [5, 5.41) is 9.20. The molecule has 1 aromatic rings. The number of hydrogen-bond donors (Lipinski definition) is 2. The normalized spacial score (nSPS) is 15.8. The molecule has 1 unspecified atom stereocenters. The molecule has 1 aliphatic carbocycles. The summed E-state index contributed by atoms with van der Waals surface area (Å²) < 4.78 is 11.7. The fourth-order valence-corrected chi connectivity index (χ4v) is 2.54. The van der Waals surface area contributed by atoms with Crippen LogP contribution in [0.3, 0.4) is 0 Å². The van der Waals surface area contributed by atoms with Crippen LogP contribution in [0.4, 0.5) is 0 Å². The van der Waals surface area contributed by atoms with Crippen molar-refractivity contribution in [2.45, 2.75) is 18.8 Å². The lowest BCUT2D eigenvalue weighted by atomic mass is 9.99. The molecule has 0 aromatic heterocycles. The highest BCUT2D eigenvalue weighted by Gasteiger charge is 2.25. The number of benzene rings is 1. The quantitative estimate of drug-likeness (QED) is 0.794. The Balaban J connectivity index is 2.27. The third-order valence-electron chi connectivity index (χ3n) is 3.36. The van der Waals surface area contributed by atoms with Crippen LogP contribution in [0.25, 0.3) is 0 Å². The summed E-state index contributed by atoms with van der Waals surface area (Å²) in [7, 11) is 1.54. The van der Waals surface area contributed by atoms with E-state index in [4.69, 9.17) is 15.2 Å². The van der Waals surface area contributed by atoms with Gasteiger partial charge < -0.3 is 20.3 Å². The van der Waals surface area contributed by atoms with Crippen molar-refractivity contribution in [1.29, 1.82) is 0 Å². The third-order valence-corrected chi connectivity index (χ3v) is 4.05. The molecule has 6 heteroatoms. The maximum absolute atomic E-state index is 11.2. The summed E-state index contributed by atoms with van der Waals surface area (Å²) in [5.74, 6) is 0.0614. The molecular weight excluding hydrogens is 326 g/mol. The lowest BCUT2D eigenvalue weighted by Crippen LogP contribution is -2.21. The lowest BCUT2D eigenvalue weighted by Gasteiger charge is -2.17. The standard InChI is InChI=1S/C14H18BrNO4/c1-19-12-4-9(10(6-16)14(17)18)11(15)5-13(12)20-7-8-2-3-8/h4-5,8,10H,2-3,6-7,16H2,1H3,(H,17,18). The number of carboxylic acid groups (broad SMARTS) is 1. The summed E-state index contributed by atoms with van der Waals surface area (Å²) in [6.45, 7) is 0.695. The smallest absolute Gasteiger partial charge is 0.312 e. The number of methoxy groups -OCH3 is 1. The van der Waals surface area contributed by atoms with E-state index >= 15 is 0 Å². The Hall–Kier alpha value is -1.27. The van der Waals surface area contributed by atoms with E-state index in [0.29, 0.717) is 34.1 Å². The minimum absolute atomic E-state index is 0.0271. The molecule has 0 amide bonds. The van der Waals surface area contributed by atoms with Gasteiger partial charge in [-0.3, -0.25) is 4.79 Å². The van der Waals surface area contributed by atoms with E-state index < -0.39 is 11.9 Å². The van der Waals surface area contributed by atoms with Crippen LogP contribution in [-0.4, -0.2) is 31.3 Å². The average Bonchev–Trinajstić information content (AvgIpc) is 3.22. The van der Waals surface area contributed by atoms with Gasteiger partial charge in [0.1, 0.15) is 0 Å². The first-order valence-corrected chi connectivity index (χ1v) is 7.29. The average molecular weight is 344 g/mol. The van der Waals surface area contributed by atoms with E-state index in [1.165, 1.54) is 20.0 Å². The van der Waals surface area contributed by atoms with Gasteiger partial charge in [-0.15, -0.1) is 0 Å². The molecule has 5 nitrogen and oxygen atoms in total. The molecule has 20 heavy (non-hydrogen) atoms. The van der Waals surface area contributed by atoms with Gasteiger partial charge in [0.2, 0.25) is 0 Å². The number of aliphatic carboxylic acids is 1. The fraction of sp³-hybridized carbons (Fsp3) is 0.500. The van der Waals surface area contributed by atoms with Gasteiger partial charge in [0, 0.05) is 11.0 Å². The first-order valence-electron chi connectivity index (χ1n) is 6.50. The number of rotatable bonds is 7. The summed E-state index contributed by atoms with van der Waals surface area (Å²) >= 11 is 3.39. The van der Waals surface area contributed by atoms with E-state index in [1.807, 2.05) is 0 Å². The first kappa shape index (κ1) is 15.1. The Bertz CT molecular complexity index is 502. The zero-order valence-corrected chi connectivity index (χ0v) is 12.9. The van der Waals surface area contributed by atoms with Crippen LogP contribution in [0, 0.1) is 5.92 Å². The van der Waals surface area contributed by atoms with Crippen LogP contribution in [0.1, 0.15) is 24.3 Å². The Kier molecular flexibility index (Phi) is 4.88. The molecule has 1 aliphatic rings. The van der Waals surface area contributed by atoms with Crippen LogP contribution < -0.4 is 15.2 Å². The van der Waals surface area contributed by atoms with E-state index in [-0.39, 0.29) is 6.54 Å². The van der Waals surface area contributed by atoms with Gasteiger partial charge in [-0.25, -0.2) is 0 Å². The van der Waals surface area contributed by atoms with Crippen LogP contribution in [0.5, 0.6) is 11.5 Å². The molecule has 3 N–H and O–H groups in total. The van der Waals surface area contributed by atoms with Crippen LogP contribution >= 0.6 is 15.9 Å². The number of carboxylic acids is 1. The van der Waals surface area contributed by atoms with Gasteiger partial charge in [-0.2, -0.15) is 0 Å². The maximum atomic E-state index is 11.2. The van der Waals surface area contributed by atoms with Crippen LogP contribution in [0.2, 0.25) is 0 Å². The van der Waals surface area contributed by atoms with Crippen molar-refractivity contribution in [2.24, 2.45) is 11.7 Å². The van der Waals surface area contributed by atoms with Gasteiger partial charge in [-0.1, -0.05) is 15.9 Å². The molecule has 1 atom stereocenters. The summed E-state index contributed by atoms with van der Waals surface area (Å²) in [5.41, 5.74) is 6.13. The van der Waals surface area contributed by atoms with Crippen molar-refractivity contribution >= 4 is 21.9 Å². The molecule has 0 bridgehead atoms. The molecule has 0 heterocycles. The van der Waals surface area contributed by atoms with E-state index in [2.05, 4.69) is 15.9 Å². The van der Waals surface area contributed by atoms with Gasteiger partial charge in [-0.05, 0) is 36.5 Å². The highest BCUT2D eigenvalue weighted by Crippen LogP contribution is 2.38. The van der Waals surface area contributed by atoms with Gasteiger partial charge in [0.25, 0.3) is 0 Å². The summed E-state index contributed by atoms with van der Waals surface area (Å²) in [6.07, 6.45) is 2.41. The Morgan fingerprint density at radius 3 is 2.70 bits per heavy atom. The summed E-state index contributed by atoms with van der Waals surface area (Å²) in [6, 6.07) is 3.43. The second-order valence-corrected chi connectivity index (χ2v) is 5.76. The van der Waals surface area contributed by atoms with Gasteiger partial charge in [0.15, 0.2) is 11.5 Å². The second-order valence-electron chi connectivity index (χ2n) is 4.91. The zero-order valence-electron chi connectivity index (χ0n) is 11.3. The molecule has 1 saturated carbocycles. The predicted molar refractivity (Wildman–Crippen MR) is 78.3 cm³/mol. The van der Waals surface area contributed by atoms with Crippen LogP contribution in [-0.2, 0) is 4.79 Å². The van der Waals surface area contributed by atoms with E-state index in [0.717, 1.165) is 0 Å². The largest absolute Gasteiger partial charge is 0.493 e. The van der Waals surface area contributed by atoms with Gasteiger partial charge >= 0.3 is 5.97 Å². The topological polar surface area (TPSA) is 81.8 Å². The fourth-order valence-electron chi connectivity index (χ4n) is 1.94. The van der Waals surface area contributed by atoms with Crippen molar-refractivity contribution in [3.8, 4) is 11.5 Å². The van der Waals surface area contributed by atoms with Crippen molar-refractivity contribution in [3.63, 3.8) is 0 Å². The number of halogens is 1. The minimum Gasteiger partial charge on any atom is -0.493 e. The second kappa shape index (κ2) is 6.45. The van der Waals surface area contributed by atoms with Crippen molar-refractivity contribution in [1.82, 2.24) is 0 Å². The molecule has 0 saturated heterocycles. The number of nitrogens with two attached hydrogens (primary N) is 1. The zero-order chi connectivity index (χ0) is 14.7. The van der Waals surface area contributed by atoms with Gasteiger partial charge in [0.05, 0.1) is 19.6 Å². The maximum Gasteiger partial charge on any atom is 0.312 e. The monoisotopic (exact) mass is 343 g/mol. The number of ether oxygens (including phenoxy) is 2. The molecule has 0 aliphatic heterocycles.